The first-order valence-corrected chi connectivity index (χ1v) is 10.5. The summed E-state index contributed by atoms with van der Waals surface area (Å²) in [5.74, 6) is -2.49. The first-order valence-electron chi connectivity index (χ1n) is 10.5. The Morgan fingerprint density at radius 1 is 0.750 bits per heavy atom. The molecular formula is C18H38N10O4. The molecular weight excluding hydrogens is 420 g/mol. The maximum atomic E-state index is 12.5. The van der Waals surface area contributed by atoms with E-state index in [-0.39, 0.29) is 31.3 Å². The summed E-state index contributed by atoms with van der Waals surface area (Å²) in [5.41, 5.74) is 38.0. The van der Waals surface area contributed by atoms with E-state index in [1.807, 2.05) is 0 Å². The summed E-state index contributed by atoms with van der Waals surface area (Å²) in [6.07, 6.45) is 2.81. The van der Waals surface area contributed by atoms with Gasteiger partial charge in [0.2, 0.25) is 5.91 Å². The fourth-order valence-corrected chi connectivity index (χ4v) is 2.55. The van der Waals surface area contributed by atoms with Crippen molar-refractivity contribution in [1.29, 1.82) is 0 Å². The number of rotatable bonds is 16. The number of esters is 2. The molecule has 32 heavy (non-hydrogen) atoms. The van der Waals surface area contributed by atoms with Gasteiger partial charge in [0.15, 0.2) is 11.9 Å². The highest BCUT2D eigenvalue weighted by molar-refractivity contribution is 5.93. The molecule has 0 saturated carbocycles. The van der Waals surface area contributed by atoms with E-state index in [9.17, 15) is 14.4 Å². The number of guanidine groups is 2. The van der Waals surface area contributed by atoms with Crippen molar-refractivity contribution in [2.45, 2.75) is 63.1 Å². The molecule has 14 nitrogen and oxygen atoms in total. The van der Waals surface area contributed by atoms with Crippen LogP contribution < -0.4 is 45.5 Å². The molecule has 0 saturated heterocycles. The summed E-state index contributed by atoms with van der Waals surface area (Å²) in [6.45, 7) is 1.02. The molecule has 0 aliphatic carbocycles. The van der Waals surface area contributed by atoms with Gasteiger partial charge in [0, 0.05) is 13.1 Å². The summed E-state index contributed by atoms with van der Waals surface area (Å²) < 4.78 is 4.87. The third kappa shape index (κ3) is 14.1. The minimum atomic E-state index is -1.06. The molecule has 184 valence electrons. The van der Waals surface area contributed by atoms with Crippen molar-refractivity contribution in [3.63, 3.8) is 0 Å². The Balaban J connectivity index is 4.77. The lowest BCUT2D eigenvalue weighted by atomic mass is 10.1. The lowest BCUT2D eigenvalue weighted by Gasteiger charge is -2.20. The maximum Gasteiger partial charge on any atom is 0.336 e. The predicted octanol–water partition coefficient (Wildman–Crippen LogP) is -3.57. The Morgan fingerprint density at radius 2 is 1.28 bits per heavy atom. The number of unbranched alkanes of at least 4 members (excludes halogenated alkanes) is 1. The van der Waals surface area contributed by atoms with E-state index in [4.69, 9.17) is 44.9 Å². The third-order valence-electron chi connectivity index (χ3n) is 4.32. The number of aliphatic imine (C=N–C) groups is 2. The second-order valence-corrected chi connectivity index (χ2v) is 7.20. The summed E-state index contributed by atoms with van der Waals surface area (Å²) in [6, 6.07) is -2.98. The quantitative estimate of drug-likeness (QED) is 0.0368. The van der Waals surface area contributed by atoms with Gasteiger partial charge in [-0.1, -0.05) is 0 Å². The van der Waals surface area contributed by atoms with Crippen LogP contribution in [0.4, 0.5) is 0 Å². The van der Waals surface area contributed by atoms with Gasteiger partial charge >= 0.3 is 11.9 Å². The zero-order chi connectivity index (χ0) is 24.5. The highest BCUT2D eigenvalue weighted by Crippen LogP contribution is 2.06. The first-order chi connectivity index (χ1) is 15.1. The fraction of sp³-hybridized carbons (Fsp3) is 0.722. The van der Waals surface area contributed by atoms with Crippen molar-refractivity contribution in [2.75, 3.05) is 19.6 Å². The third-order valence-corrected chi connectivity index (χ3v) is 4.32. The van der Waals surface area contributed by atoms with Gasteiger partial charge in [-0.15, -0.1) is 0 Å². The van der Waals surface area contributed by atoms with Crippen molar-refractivity contribution in [3.05, 3.63) is 0 Å². The summed E-state index contributed by atoms with van der Waals surface area (Å²) in [7, 11) is 0. The molecule has 0 aromatic carbocycles. The molecule has 0 aromatic rings. The zero-order valence-electron chi connectivity index (χ0n) is 18.4. The van der Waals surface area contributed by atoms with Gasteiger partial charge in [-0.2, -0.15) is 0 Å². The van der Waals surface area contributed by atoms with Gasteiger partial charge < -0.3 is 50.2 Å². The summed E-state index contributed by atoms with van der Waals surface area (Å²) in [4.78, 5) is 44.6. The molecule has 0 fully saturated rings. The lowest BCUT2D eigenvalue weighted by molar-refractivity contribution is -0.163. The molecule has 0 radical (unpaired) electrons. The van der Waals surface area contributed by atoms with Crippen molar-refractivity contribution in [1.82, 2.24) is 5.32 Å². The van der Waals surface area contributed by atoms with Crippen LogP contribution in [0.25, 0.3) is 0 Å². The summed E-state index contributed by atoms with van der Waals surface area (Å²) in [5, 5.41) is 2.53. The Hall–Kier alpha value is -2.97. The molecule has 0 aliphatic heterocycles. The van der Waals surface area contributed by atoms with E-state index in [1.165, 1.54) is 0 Å². The van der Waals surface area contributed by atoms with Crippen molar-refractivity contribution in [3.8, 4) is 0 Å². The molecule has 1 amide bonds. The normalized spacial score (nSPS) is 13.3. The number of carbonyl (C=O) groups is 3. The first kappa shape index (κ1) is 29.0. The lowest BCUT2D eigenvalue weighted by Crippen LogP contribution is -2.50. The Labute approximate surface area is 187 Å². The molecule has 0 aliphatic rings. The van der Waals surface area contributed by atoms with Crippen molar-refractivity contribution < 1.29 is 19.1 Å². The number of carbonyl (C=O) groups excluding carboxylic acids is 3. The van der Waals surface area contributed by atoms with Crippen LogP contribution in [0.5, 0.6) is 0 Å². The van der Waals surface area contributed by atoms with Crippen molar-refractivity contribution >= 4 is 29.8 Å². The average Bonchev–Trinajstić information content (AvgIpc) is 2.72. The molecule has 0 spiro atoms. The molecule has 0 rings (SSSR count). The average molecular weight is 459 g/mol. The van der Waals surface area contributed by atoms with Crippen LogP contribution in [0, 0.1) is 0 Å². The summed E-state index contributed by atoms with van der Waals surface area (Å²) >= 11 is 0. The van der Waals surface area contributed by atoms with Crippen LogP contribution in [0.3, 0.4) is 0 Å². The second-order valence-electron chi connectivity index (χ2n) is 7.20. The minimum absolute atomic E-state index is 0.0511. The highest BCUT2D eigenvalue weighted by atomic mass is 16.6. The highest BCUT2D eigenvalue weighted by Gasteiger charge is 2.28. The topological polar surface area (TPSA) is 279 Å². The number of hydrogen-bond donors (Lipinski definition) is 8. The van der Waals surface area contributed by atoms with Gasteiger partial charge in [0.1, 0.15) is 12.1 Å². The molecule has 14 heteroatoms. The second kappa shape index (κ2) is 16.7. The van der Waals surface area contributed by atoms with Crippen LogP contribution in [-0.4, -0.2) is 67.5 Å². The van der Waals surface area contributed by atoms with Gasteiger partial charge in [-0.3, -0.25) is 14.8 Å². The van der Waals surface area contributed by atoms with Crippen LogP contribution in [-0.2, 0) is 19.1 Å². The van der Waals surface area contributed by atoms with Gasteiger partial charge in [0.25, 0.3) is 0 Å². The van der Waals surface area contributed by atoms with E-state index >= 15 is 0 Å². The zero-order valence-corrected chi connectivity index (χ0v) is 18.4. The fourth-order valence-electron chi connectivity index (χ4n) is 2.55. The number of nitrogens with zero attached hydrogens (tertiary/aromatic N) is 2. The van der Waals surface area contributed by atoms with Gasteiger partial charge in [-0.05, 0) is 51.5 Å². The number of amides is 1. The molecule has 15 N–H and O–H groups in total. The van der Waals surface area contributed by atoms with Crippen LogP contribution in [0.2, 0.25) is 0 Å². The minimum Gasteiger partial charge on any atom is -0.390 e. The van der Waals surface area contributed by atoms with Crippen LogP contribution in [0.15, 0.2) is 9.98 Å². The van der Waals surface area contributed by atoms with E-state index in [1.54, 1.807) is 0 Å². The van der Waals surface area contributed by atoms with Crippen LogP contribution >= 0.6 is 0 Å². The standard InChI is InChI=1S/C18H38N10O4/c19-8-2-1-7-13(28-14(29)11(20)5-3-9-26-17(22)23)16(31)32-15(30)12(21)6-4-10-27-18(24)25/h11-13H,1-10,19-21H2,(H,28,29)(H4,22,23,26)(H4,24,25,27)/t11-,12-,13-/m0/s1. The van der Waals surface area contributed by atoms with E-state index in [0.717, 1.165) is 0 Å². The molecule has 0 bridgehead atoms. The van der Waals surface area contributed by atoms with Gasteiger partial charge in [-0.25, -0.2) is 9.59 Å². The Bertz CT molecular complexity index is 648. The number of nitrogens with one attached hydrogen (secondary N) is 1. The SMILES string of the molecule is NCCCC[C@H](NC(=O)[C@@H](N)CCCN=C(N)N)C(=O)OC(=O)[C@@H](N)CCCN=C(N)N. The molecule has 0 aromatic heterocycles. The van der Waals surface area contributed by atoms with Gasteiger partial charge in [0.05, 0.1) is 6.04 Å². The number of ether oxygens (including phenoxy) is 1. The monoisotopic (exact) mass is 458 g/mol. The Kier molecular flexibility index (Phi) is 15.1. The van der Waals surface area contributed by atoms with Crippen LogP contribution in [0.1, 0.15) is 44.9 Å². The number of hydrogen-bond acceptors (Lipinski definition) is 9. The van der Waals surface area contributed by atoms with E-state index < -0.39 is 36.0 Å². The molecule has 3 atom stereocenters. The maximum absolute atomic E-state index is 12.5. The van der Waals surface area contributed by atoms with Crippen molar-refractivity contribution in [2.24, 2.45) is 50.1 Å². The number of nitrogens with two attached hydrogens (primary N) is 7. The van der Waals surface area contributed by atoms with E-state index in [2.05, 4.69) is 15.3 Å². The predicted molar refractivity (Wildman–Crippen MR) is 122 cm³/mol. The largest absolute Gasteiger partial charge is 0.390 e. The smallest absolute Gasteiger partial charge is 0.336 e. The Morgan fingerprint density at radius 3 is 1.78 bits per heavy atom. The van der Waals surface area contributed by atoms with E-state index in [0.29, 0.717) is 45.2 Å². The molecule has 0 heterocycles. The molecule has 0 unspecified atom stereocenters.